The number of carboxylic acid groups (broad SMARTS) is 1. The fourth-order valence-electron chi connectivity index (χ4n) is 0.501. The van der Waals surface area contributed by atoms with E-state index in [0.29, 0.717) is 0 Å². The van der Waals surface area contributed by atoms with E-state index in [0.717, 1.165) is 0 Å². The van der Waals surface area contributed by atoms with Gasteiger partial charge in [0.15, 0.2) is 0 Å². The number of aliphatic carboxylic acids is 1. The smallest absolute Gasteiger partial charge is 0.317 e. The van der Waals surface area contributed by atoms with E-state index in [2.05, 4.69) is 0 Å². The summed E-state index contributed by atoms with van der Waals surface area (Å²) in [5.74, 6) is -1.87. The predicted octanol–water partition coefficient (Wildman–Crippen LogP) is 1.83. The lowest BCUT2D eigenvalue weighted by Crippen LogP contribution is -2.25. The number of esters is 1. The Labute approximate surface area is 78.9 Å². The summed E-state index contributed by atoms with van der Waals surface area (Å²) in [6.45, 7) is 9.06. The highest BCUT2D eigenvalue weighted by molar-refractivity contribution is 5.90. The van der Waals surface area contributed by atoms with E-state index in [1.54, 1.807) is 20.8 Å². The zero-order valence-electron chi connectivity index (χ0n) is 8.88. The van der Waals surface area contributed by atoms with Crippen LogP contribution >= 0.6 is 0 Å². The summed E-state index contributed by atoms with van der Waals surface area (Å²) >= 11 is 0. The Morgan fingerprint density at radius 1 is 1.23 bits per heavy atom. The Hall–Kier alpha value is -1.06. The molecule has 13 heavy (non-hydrogen) atoms. The summed E-state index contributed by atoms with van der Waals surface area (Å²) < 4.78 is 4.73. The molecule has 0 radical (unpaired) electrons. The van der Waals surface area contributed by atoms with E-state index in [1.807, 2.05) is 13.8 Å². The van der Waals surface area contributed by atoms with Crippen LogP contribution in [0, 0.1) is 0 Å². The van der Waals surface area contributed by atoms with Crippen molar-refractivity contribution in [3.05, 3.63) is 0 Å². The van der Waals surface area contributed by atoms with Crippen molar-refractivity contribution in [2.45, 2.75) is 46.6 Å². The molecule has 1 N–H and O–H groups in total. The molecule has 0 aromatic rings. The van der Waals surface area contributed by atoms with Gasteiger partial charge in [0.1, 0.15) is 12.0 Å². The van der Waals surface area contributed by atoms with Crippen molar-refractivity contribution in [1.82, 2.24) is 0 Å². The predicted molar refractivity (Wildman–Crippen MR) is 49.4 cm³/mol. The monoisotopic (exact) mass is 190 g/mol. The van der Waals surface area contributed by atoms with Crippen molar-refractivity contribution in [3.63, 3.8) is 0 Å². The van der Waals surface area contributed by atoms with Gasteiger partial charge in [-0.2, -0.15) is 0 Å². The number of carbonyl (C=O) groups is 2. The molecule has 4 heteroatoms. The number of carboxylic acids is 1. The van der Waals surface area contributed by atoms with Crippen molar-refractivity contribution in [3.8, 4) is 0 Å². The average Bonchev–Trinajstić information content (AvgIpc) is 1.85. The number of ether oxygens (including phenoxy) is 1. The highest BCUT2D eigenvalue weighted by Gasteiger charge is 2.17. The maximum Gasteiger partial charge on any atom is 0.317 e. The van der Waals surface area contributed by atoms with E-state index in [4.69, 9.17) is 9.84 Å². The van der Waals surface area contributed by atoms with Gasteiger partial charge in [-0.05, 0) is 20.8 Å². The summed E-state index contributed by atoms with van der Waals surface area (Å²) in [6, 6.07) is 0. The second-order valence-electron chi connectivity index (χ2n) is 3.16. The molecule has 0 fully saturated rings. The topological polar surface area (TPSA) is 63.6 Å². The summed E-state index contributed by atoms with van der Waals surface area (Å²) in [7, 11) is 0. The van der Waals surface area contributed by atoms with E-state index in [9.17, 15) is 9.59 Å². The molecular weight excluding hydrogens is 172 g/mol. The van der Waals surface area contributed by atoms with Gasteiger partial charge in [0.05, 0.1) is 0 Å². The summed E-state index contributed by atoms with van der Waals surface area (Å²) in [5.41, 5.74) is -0.605. The van der Waals surface area contributed by atoms with Crippen molar-refractivity contribution in [2.24, 2.45) is 0 Å². The van der Waals surface area contributed by atoms with Crippen LogP contribution in [-0.4, -0.2) is 22.6 Å². The Balaban J connectivity index is 0. The minimum Gasteiger partial charge on any atom is -0.481 e. The minimum absolute atomic E-state index is 0.572. The van der Waals surface area contributed by atoms with Crippen LogP contribution in [0.5, 0.6) is 0 Å². The molecule has 0 saturated heterocycles. The first-order valence-electron chi connectivity index (χ1n) is 4.25. The Kier molecular flexibility index (Phi) is 7.18. The molecule has 0 aliphatic rings. The first-order valence-corrected chi connectivity index (χ1v) is 4.25. The molecule has 0 aromatic carbocycles. The lowest BCUT2D eigenvalue weighted by atomic mass is 10.2. The third-order valence-electron chi connectivity index (χ3n) is 0.716. The fraction of sp³-hybridized carbons (Fsp3) is 0.778. The van der Waals surface area contributed by atoms with E-state index < -0.39 is 24.0 Å². The second-order valence-corrected chi connectivity index (χ2v) is 3.16. The van der Waals surface area contributed by atoms with Gasteiger partial charge in [0.25, 0.3) is 0 Å². The van der Waals surface area contributed by atoms with Crippen LogP contribution in [-0.2, 0) is 14.3 Å². The zero-order valence-corrected chi connectivity index (χ0v) is 8.88. The van der Waals surface area contributed by atoms with Gasteiger partial charge < -0.3 is 9.84 Å². The van der Waals surface area contributed by atoms with Gasteiger partial charge in [-0.25, -0.2) is 0 Å². The molecule has 0 rings (SSSR count). The summed E-state index contributed by atoms with van der Waals surface area (Å²) in [5, 5.41) is 8.18. The first kappa shape index (κ1) is 14.5. The molecule has 0 amide bonds. The standard InChI is InChI=1S/C7H12O4.C2H6/c1-7(2,3)11-6(10)4-5(8)9;1-2/h4H2,1-3H3,(H,8,9);1-2H3. The molecule has 0 unspecified atom stereocenters. The number of rotatable bonds is 2. The van der Waals surface area contributed by atoms with Crippen LogP contribution in [0.15, 0.2) is 0 Å². The van der Waals surface area contributed by atoms with Crippen LogP contribution in [0.1, 0.15) is 41.0 Å². The summed E-state index contributed by atoms with van der Waals surface area (Å²) in [6.07, 6.45) is -0.572. The lowest BCUT2D eigenvalue weighted by Gasteiger charge is -2.18. The van der Waals surface area contributed by atoms with Gasteiger partial charge in [-0.3, -0.25) is 9.59 Å². The van der Waals surface area contributed by atoms with E-state index in [1.165, 1.54) is 0 Å². The second kappa shape index (κ2) is 6.46. The number of hydrogen-bond acceptors (Lipinski definition) is 3. The average molecular weight is 190 g/mol. The Morgan fingerprint density at radius 2 is 1.62 bits per heavy atom. The summed E-state index contributed by atoms with van der Waals surface area (Å²) in [4.78, 5) is 20.7. The molecule has 0 atom stereocenters. The van der Waals surface area contributed by atoms with Crippen molar-refractivity contribution in [2.75, 3.05) is 0 Å². The highest BCUT2D eigenvalue weighted by Crippen LogP contribution is 2.07. The van der Waals surface area contributed by atoms with Crippen LogP contribution in [0.4, 0.5) is 0 Å². The quantitative estimate of drug-likeness (QED) is 0.533. The van der Waals surface area contributed by atoms with E-state index in [-0.39, 0.29) is 0 Å². The van der Waals surface area contributed by atoms with Crippen LogP contribution < -0.4 is 0 Å². The maximum atomic E-state index is 10.7. The Morgan fingerprint density at radius 3 is 1.85 bits per heavy atom. The van der Waals surface area contributed by atoms with Gasteiger partial charge in [-0.15, -0.1) is 0 Å². The van der Waals surface area contributed by atoms with Crippen LogP contribution in [0.25, 0.3) is 0 Å². The fourth-order valence-corrected chi connectivity index (χ4v) is 0.501. The molecule has 4 nitrogen and oxygen atoms in total. The van der Waals surface area contributed by atoms with Crippen LogP contribution in [0.3, 0.4) is 0 Å². The van der Waals surface area contributed by atoms with Crippen molar-refractivity contribution in [1.29, 1.82) is 0 Å². The molecule has 0 aliphatic carbocycles. The van der Waals surface area contributed by atoms with Gasteiger partial charge in [0.2, 0.25) is 0 Å². The molecule has 0 spiro atoms. The normalized spacial score (nSPS) is 9.62. The van der Waals surface area contributed by atoms with E-state index >= 15 is 0 Å². The number of hydrogen-bond donors (Lipinski definition) is 1. The van der Waals surface area contributed by atoms with Gasteiger partial charge >= 0.3 is 11.9 Å². The zero-order chi connectivity index (χ0) is 11.1. The van der Waals surface area contributed by atoms with Crippen molar-refractivity contribution >= 4 is 11.9 Å². The van der Waals surface area contributed by atoms with Gasteiger partial charge in [-0.1, -0.05) is 13.8 Å². The SMILES string of the molecule is CC.CC(C)(C)OC(=O)CC(=O)O. The largest absolute Gasteiger partial charge is 0.481 e. The van der Waals surface area contributed by atoms with Gasteiger partial charge in [0, 0.05) is 0 Å². The third-order valence-corrected chi connectivity index (χ3v) is 0.716. The molecule has 0 heterocycles. The van der Waals surface area contributed by atoms with Crippen molar-refractivity contribution < 1.29 is 19.4 Å². The Bertz CT molecular complexity index is 167. The van der Waals surface area contributed by atoms with Crippen LogP contribution in [0.2, 0.25) is 0 Å². The molecule has 0 aromatic heterocycles. The first-order chi connectivity index (χ1) is 5.81. The third kappa shape index (κ3) is 13.9. The highest BCUT2D eigenvalue weighted by atomic mass is 16.6. The molecule has 0 aliphatic heterocycles. The molecule has 78 valence electrons. The minimum atomic E-state index is -1.17. The maximum absolute atomic E-state index is 10.7. The molecule has 0 bridgehead atoms. The molecular formula is C9H18O4. The lowest BCUT2D eigenvalue weighted by molar-refractivity contribution is -0.159. The molecule has 0 saturated carbocycles. The number of carbonyl (C=O) groups excluding carboxylic acids is 1.